The van der Waals surface area contributed by atoms with Crippen LogP contribution in [0.3, 0.4) is 0 Å². The van der Waals surface area contributed by atoms with E-state index in [9.17, 15) is 0 Å². The summed E-state index contributed by atoms with van der Waals surface area (Å²) in [5.41, 5.74) is 2.97. The summed E-state index contributed by atoms with van der Waals surface area (Å²) in [5, 5.41) is 6.95. The number of aromatic nitrogens is 4. The van der Waals surface area contributed by atoms with Gasteiger partial charge in [0.2, 0.25) is 17.6 Å². The van der Waals surface area contributed by atoms with Crippen molar-refractivity contribution in [2.24, 2.45) is 0 Å². The molecule has 0 radical (unpaired) electrons. The Labute approximate surface area is 164 Å². The van der Waals surface area contributed by atoms with Gasteiger partial charge in [-0.2, -0.15) is 4.98 Å². The lowest BCUT2D eigenvalue weighted by Gasteiger charge is -2.08. The Hall–Kier alpha value is -3.58. The molecule has 3 heterocycles. The van der Waals surface area contributed by atoms with Crippen LogP contribution in [0, 0.1) is 6.92 Å². The van der Waals surface area contributed by atoms with Crippen LogP contribution in [0.15, 0.2) is 70.8 Å². The predicted molar refractivity (Wildman–Crippen MR) is 107 cm³/mol. The lowest BCUT2D eigenvalue weighted by atomic mass is 10.1. The Morgan fingerprint density at radius 2 is 1.82 bits per heavy atom. The molecule has 136 valence electrons. The number of aryl methyl sites for hydroxylation is 1. The first-order valence-corrected chi connectivity index (χ1v) is 9.52. The molecule has 0 unspecified atom stereocenters. The summed E-state index contributed by atoms with van der Waals surface area (Å²) in [6.07, 6.45) is 1.52. The van der Waals surface area contributed by atoms with Gasteiger partial charge in [-0.05, 0) is 17.7 Å². The van der Waals surface area contributed by atoms with Crippen LogP contribution in [-0.4, -0.2) is 20.1 Å². The third-order valence-electron chi connectivity index (χ3n) is 4.25. The Balaban J connectivity index is 1.57. The van der Waals surface area contributed by atoms with Gasteiger partial charge in [-0.1, -0.05) is 47.6 Å². The fraction of sp³-hybridized carbons (Fsp3) is 0.0476. The first kappa shape index (κ1) is 16.6. The Morgan fingerprint density at radius 3 is 2.64 bits per heavy atom. The largest absolute Gasteiger partial charge is 0.438 e. The molecule has 2 aromatic carbocycles. The van der Waals surface area contributed by atoms with Crippen molar-refractivity contribution >= 4 is 21.6 Å². The van der Waals surface area contributed by atoms with Gasteiger partial charge in [0, 0.05) is 23.4 Å². The second-order valence-electron chi connectivity index (χ2n) is 6.14. The highest BCUT2D eigenvalue weighted by atomic mass is 32.1. The van der Waals surface area contributed by atoms with Crippen molar-refractivity contribution in [3.05, 3.63) is 72.2 Å². The second-order valence-corrected chi connectivity index (χ2v) is 7.00. The Kier molecular flexibility index (Phi) is 4.06. The van der Waals surface area contributed by atoms with Crippen LogP contribution in [0.25, 0.3) is 32.7 Å². The maximum atomic E-state index is 6.15. The van der Waals surface area contributed by atoms with E-state index in [2.05, 4.69) is 37.6 Å². The zero-order valence-corrected chi connectivity index (χ0v) is 15.7. The highest BCUT2D eigenvalue weighted by Crippen LogP contribution is 2.39. The van der Waals surface area contributed by atoms with Crippen LogP contribution in [-0.2, 0) is 0 Å². The predicted octanol–water partition coefficient (Wildman–Crippen LogP) is 5.51. The van der Waals surface area contributed by atoms with Crippen molar-refractivity contribution in [3.63, 3.8) is 0 Å². The van der Waals surface area contributed by atoms with Gasteiger partial charge >= 0.3 is 0 Å². The quantitative estimate of drug-likeness (QED) is 0.405. The molecule has 0 spiro atoms. The zero-order chi connectivity index (χ0) is 18.9. The second kappa shape index (κ2) is 6.86. The van der Waals surface area contributed by atoms with Crippen LogP contribution < -0.4 is 4.74 Å². The number of rotatable bonds is 4. The molecule has 5 rings (SSSR count). The van der Waals surface area contributed by atoms with E-state index < -0.39 is 0 Å². The minimum atomic E-state index is 0.518. The molecule has 0 fully saturated rings. The lowest BCUT2D eigenvalue weighted by Crippen LogP contribution is -1.91. The van der Waals surface area contributed by atoms with Gasteiger partial charge in [-0.15, -0.1) is 11.3 Å². The minimum absolute atomic E-state index is 0.518. The van der Waals surface area contributed by atoms with Gasteiger partial charge in [0.25, 0.3) is 0 Å². The maximum Gasteiger partial charge on any atom is 0.231 e. The molecule has 7 heteroatoms. The van der Waals surface area contributed by atoms with Crippen molar-refractivity contribution in [1.29, 1.82) is 0 Å². The standard InChI is InChI=1S/C21H14N4O2S/c1-13-24-19(25-27-13)15-8-5-9-16(10-15)26-20-18-17(14-6-3-2-4-7-14)11-28-21(18)23-12-22-20/h2-12H,1H3. The van der Waals surface area contributed by atoms with Crippen LogP contribution in [0.5, 0.6) is 11.6 Å². The molecule has 5 aromatic rings. The zero-order valence-electron chi connectivity index (χ0n) is 14.9. The SMILES string of the molecule is Cc1nc(-c2cccc(Oc3ncnc4scc(-c5ccccc5)c34)c2)no1. The molecule has 0 aliphatic rings. The summed E-state index contributed by atoms with van der Waals surface area (Å²) in [4.78, 5) is 13.9. The Bertz CT molecular complexity index is 1260. The molecular formula is C21H14N4O2S. The molecule has 0 aliphatic heterocycles. The molecule has 3 aromatic heterocycles. The van der Waals surface area contributed by atoms with Crippen molar-refractivity contribution in [2.75, 3.05) is 0 Å². The van der Waals surface area contributed by atoms with E-state index in [4.69, 9.17) is 9.26 Å². The van der Waals surface area contributed by atoms with Gasteiger partial charge in [0.05, 0.1) is 5.39 Å². The molecule has 0 saturated carbocycles. The summed E-state index contributed by atoms with van der Waals surface area (Å²) in [5.74, 6) is 2.21. The third-order valence-corrected chi connectivity index (χ3v) is 5.14. The van der Waals surface area contributed by atoms with Crippen LogP contribution in [0.2, 0.25) is 0 Å². The van der Waals surface area contributed by atoms with Crippen LogP contribution in [0.1, 0.15) is 5.89 Å². The van der Waals surface area contributed by atoms with Gasteiger partial charge in [-0.25, -0.2) is 9.97 Å². The van der Waals surface area contributed by atoms with Crippen molar-refractivity contribution in [1.82, 2.24) is 20.1 Å². The number of fused-ring (bicyclic) bond motifs is 1. The molecule has 0 N–H and O–H groups in total. The minimum Gasteiger partial charge on any atom is -0.438 e. The topological polar surface area (TPSA) is 73.9 Å². The van der Waals surface area contributed by atoms with Crippen molar-refractivity contribution in [2.45, 2.75) is 6.92 Å². The van der Waals surface area contributed by atoms with E-state index in [0.717, 1.165) is 26.9 Å². The third kappa shape index (κ3) is 3.01. The normalized spacial score (nSPS) is 11.0. The first-order chi connectivity index (χ1) is 13.8. The number of hydrogen-bond donors (Lipinski definition) is 0. The van der Waals surface area contributed by atoms with Gasteiger partial charge in [0.1, 0.15) is 16.9 Å². The summed E-state index contributed by atoms with van der Waals surface area (Å²) in [7, 11) is 0. The fourth-order valence-electron chi connectivity index (χ4n) is 2.98. The van der Waals surface area contributed by atoms with Crippen LogP contribution in [0.4, 0.5) is 0 Å². The van der Waals surface area contributed by atoms with Crippen molar-refractivity contribution < 1.29 is 9.26 Å². The number of hydrogen-bond acceptors (Lipinski definition) is 7. The highest BCUT2D eigenvalue weighted by Gasteiger charge is 2.15. The maximum absolute atomic E-state index is 6.15. The average molecular weight is 386 g/mol. The number of ether oxygens (including phenoxy) is 1. The van der Waals surface area contributed by atoms with E-state index in [1.54, 1.807) is 18.3 Å². The summed E-state index contributed by atoms with van der Waals surface area (Å²) in [6, 6.07) is 17.7. The average Bonchev–Trinajstić information content (AvgIpc) is 3.36. The smallest absolute Gasteiger partial charge is 0.231 e. The molecule has 0 aliphatic carbocycles. The molecule has 0 bridgehead atoms. The van der Waals surface area contributed by atoms with Gasteiger partial charge in [-0.3, -0.25) is 0 Å². The lowest BCUT2D eigenvalue weighted by molar-refractivity contribution is 0.394. The number of benzene rings is 2. The monoisotopic (exact) mass is 386 g/mol. The van der Waals surface area contributed by atoms with Gasteiger partial charge in [0.15, 0.2) is 0 Å². The van der Waals surface area contributed by atoms with Gasteiger partial charge < -0.3 is 9.26 Å². The van der Waals surface area contributed by atoms with E-state index in [1.165, 1.54) is 6.33 Å². The Morgan fingerprint density at radius 1 is 0.964 bits per heavy atom. The van der Waals surface area contributed by atoms with Crippen LogP contribution >= 0.6 is 11.3 Å². The molecule has 6 nitrogen and oxygen atoms in total. The molecule has 28 heavy (non-hydrogen) atoms. The highest BCUT2D eigenvalue weighted by molar-refractivity contribution is 7.17. The summed E-state index contributed by atoms with van der Waals surface area (Å²) >= 11 is 1.57. The van der Waals surface area contributed by atoms with Crippen molar-refractivity contribution in [3.8, 4) is 34.1 Å². The van der Waals surface area contributed by atoms with E-state index >= 15 is 0 Å². The summed E-state index contributed by atoms with van der Waals surface area (Å²) in [6.45, 7) is 1.76. The molecule has 0 amide bonds. The number of nitrogens with zero attached hydrogens (tertiary/aromatic N) is 4. The van der Waals surface area contributed by atoms with E-state index in [-0.39, 0.29) is 0 Å². The number of thiophene rings is 1. The first-order valence-electron chi connectivity index (χ1n) is 8.64. The van der Waals surface area contributed by atoms with E-state index in [1.807, 2.05) is 42.5 Å². The summed E-state index contributed by atoms with van der Waals surface area (Å²) < 4.78 is 11.2. The fourth-order valence-corrected chi connectivity index (χ4v) is 3.89. The molecular weight excluding hydrogens is 372 g/mol. The van der Waals surface area contributed by atoms with E-state index in [0.29, 0.717) is 23.3 Å². The molecule has 0 saturated heterocycles. The molecule has 0 atom stereocenters.